The van der Waals surface area contributed by atoms with Gasteiger partial charge in [0.25, 0.3) is 0 Å². The van der Waals surface area contributed by atoms with Gasteiger partial charge < -0.3 is 0 Å². The molecule has 2 bridgehead atoms. The second-order valence-corrected chi connectivity index (χ2v) is 12.0. The van der Waals surface area contributed by atoms with E-state index in [0.29, 0.717) is 6.42 Å². The third-order valence-electron chi connectivity index (χ3n) is 4.27. The van der Waals surface area contributed by atoms with Gasteiger partial charge in [0.2, 0.25) is 0 Å². The predicted octanol–water partition coefficient (Wildman–Crippen LogP) is 9.06. The first-order valence-corrected chi connectivity index (χ1v) is 11.5. The van der Waals surface area contributed by atoms with E-state index in [1.807, 2.05) is 6.07 Å². The van der Waals surface area contributed by atoms with Gasteiger partial charge >= 0.3 is 0 Å². The first kappa shape index (κ1) is 20.4. The third kappa shape index (κ3) is 2.46. The molecule has 0 spiro atoms. The summed E-state index contributed by atoms with van der Waals surface area (Å²) >= 11 is 53.6. The van der Waals surface area contributed by atoms with Crippen LogP contribution >= 0.6 is 133 Å². The van der Waals surface area contributed by atoms with Crippen molar-refractivity contribution in [3.8, 4) is 0 Å². The lowest BCUT2D eigenvalue weighted by Crippen LogP contribution is -2.43. The van der Waals surface area contributed by atoms with E-state index in [0.717, 1.165) is 23.5 Å². The minimum absolute atomic E-state index is 0.187. The Bertz CT molecular complexity index is 737. The first-order chi connectivity index (χ1) is 10.4. The van der Waals surface area contributed by atoms with Crippen LogP contribution in [0.25, 0.3) is 0 Å². The minimum Gasteiger partial charge on any atom is -0.110 e. The minimum atomic E-state index is -1.55. The number of hydrogen-bond donors (Lipinski definition) is 0. The Labute approximate surface area is 197 Å². The van der Waals surface area contributed by atoms with Gasteiger partial charge in [-0.1, -0.05) is 46.4 Å². The quantitative estimate of drug-likeness (QED) is 0.204. The van der Waals surface area contributed by atoms with Crippen molar-refractivity contribution in [1.29, 1.82) is 0 Å². The van der Waals surface area contributed by atoms with Crippen molar-refractivity contribution in [2.45, 2.75) is 26.4 Å². The van der Waals surface area contributed by atoms with E-state index in [-0.39, 0.29) is 16.0 Å². The maximum Gasteiger partial charge on any atom is 0.166 e. The predicted molar refractivity (Wildman–Crippen MR) is 115 cm³/mol. The first-order valence-electron chi connectivity index (χ1n) is 6.06. The molecule has 0 radical (unpaired) electrons. The molecule has 2 aliphatic carbocycles. The van der Waals surface area contributed by atoms with Crippen molar-refractivity contribution >= 4 is 133 Å². The summed E-state index contributed by atoms with van der Waals surface area (Å²) in [5.41, 5.74) is 0.858. The standard InChI is InChI=1S/C13H4Br4Cl6/c14-4-1-5(15)8(17)6(7(4)16)3-2-11(20)9(18)10(19)12(3,21)13(11,22)23/h1,3H,2H2/t3-,11-,12-/m1/s1. The Morgan fingerprint density at radius 1 is 0.870 bits per heavy atom. The van der Waals surface area contributed by atoms with E-state index in [1.54, 1.807) is 0 Å². The molecule has 1 aromatic rings. The molecule has 126 valence electrons. The fraction of sp³-hybridized carbons (Fsp3) is 0.385. The maximum absolute atomic E-state index is 6.88. The van der Waals surface area contributed by atoms with Crippen molar-refractivity contribution in [3.05, 3.63) is 39.6 Å². The highest BCUT2D eigenvalue weighted by Gasteiger charge is 2.78. The lowest BCUT2D eigenvalue weighted by Gasteiger charge is -2.35. The van der Waals surface area contributed by atoms with Crippen LogP contribution in [-0.4, -0.2) is 14.1 Å². The lowest BCUT2D eigenvalue weighted by molar-refractivity contribution is 0.596. The van der Waals surface area contributed by atoms with Crippen molar-refractivity contribution in [1.82, 2.24) is 0 Å². The molecular formula is C13H4Br4Cl6. The molecule has 0 heterocycles. The number of fused-ring (bicyclic) bond motifs is 2. The van der Waals surface area contributed by atoms with Gasteiger partial charge in [-0.15, -0.1) is 23.2 Å². The number of rotatable bonds is 1. The molecule has 1 saturated carbocycles. The van der Waals surface area contributed by atoms with E-state index in [4.69, 9.17) is 69.6 Å². The van der Waals surface area contributed by atoms with Gasteiger partial charge in [0, 0.05) is 23.8 Å². The smallest absolute Gasteiger partial charge is 0.110 e. The molecule has 3 atom stereocenters. The molecule has 3 rings (SSSR count). The maximum atomic E-state index is 6.88. The highest BCUT2D eigenvalue weighted by molar-refractivity contribution is 9.14. The van der Waals surface area contributed by atoms with E-state index in [2.05, 4.69) is 63.7 Å². The van der Waals surface area contributed by atoms with Crippen molar-refractivity contribution < 1.29 is 0 Å². The van der Waals surface area contributed by atoms with Crippen LogP contribution in [0.2, 0.25) is 0 Å². The topological polar surface area (TPSA) is 0 Å². The molecule has 0 amide bonds. The van der Waals surface area contributed by atoms with Gasteiger partial charge in [0.15, 0.2) is 4.33 Å². The van der Waals surface area contributed by atoms with Gasteiger partial charge in [0.1, 0.15) is 9.75 Å². The van der Waals surface area contributed by atoms with Crippen LogP contribution in [0.1, 0.15) is 17.9 Å². The Balaban J connectivity index is 2.31. The number of hydrogen-bond acceptors (Lipinski definition) is 0. The molecule has 1 aromatic carbocycles. The monoisotopic (exact) mass is 686 g/mol. The lowest BCUT2D eigenvalue weighted by atomic mass is 9.85. The highest BCUT2D eigenvalue weighted by Crippen LogP contribution is 2.77. The van der Waals surface area contributed by atoms with Crippen molar-refractivity contribution in [2.75, 3.05) is 0 Å². The summed E-state index contributed by atoms with van der Waals surface area (Å²) < 4.78 is 1.77. The fourth-order valence-electron chi connectivity index (χ4n) is 3.11. The van der Waals surface area contributed by atoms with Gasteiger partial charge in [-0.25, -0.2) is 0 Å². The van der Waals surface area contributed by atoms with Crippen LogP contribution in [0, 0.1) is 0 Å². The van der Waals surface area contributed by atoms with E-state index in [9.17, 15) is 0 Å². The summed E-state index contributed by atoms with van der Waals surface area (Å²) in [5.74, 6) is -0.357. The van der Waals surface area contributed by atoms with Crippen molar-refractivity contribution in [3.63, 3.8) is 0 Å². The van der Waals surface area contributed by atoms with Crippen LogP contribution in [0.4, 0.5) is 0 Å². The van der Waals surface area contributed by atoms with Crippen LogP contribution in [0.5, 0.6) is 0 Å². The Hall–Kier alpha value is 2.62. The molecule has 23 heavy (non-hydrogen) atoms. The van der Waals surface area contributed by atoms with Crippen LogP contribution in [0.15, 0.2) is 34.0 Å². The number of alkyl halides is 4. The summed E-state index contributed by atoms with van der Waals surface area (Å²) in [4.78, 5) is -2.57. The highest BCUT2D eigenvalue weighted by atomic mass is 79.9. The second kappa shape index (κ2) is 6.32. The molecule has 0 unspecified atom stereocenters. The fourth-order valence-corrected chi connectivity index (χ4v) is 8.52. The van der Waals surface area contributed by atoms with Crippen LogP contribution in [0.3, 0.4) is 0 Å². The summed E-state index contributed by atoms with van der Waals surface area (Å²) in [6, 6.07) is 1.90. The number of benzene rings is 1. The van der Waals surface area contributed by atoms with Crippen LogP contribution in [-0.2, 0) is 0 Å². The Morgan fingerprint density at radius 2 is 1.35 bits per heavy atom. The Kier molecular flexibility index (Phi) is 5.59. The zero-order chi connectivity index (χ0) is 17.5. The molecule has 1 fully saturated rings. The van der Waals surface area contributed by atoms with Gasteiger partial charge in [-0.05, 0) is 81.8 Å². The van der Waals surface area contributed by atoms with E-state index in [1.165, 1.54) is 0 Å². The number of allylic oxidation sites excluding steroid dienone is 2. The molecular weight excluding hydrogens is 688 g/mol. The third-order valence-corrected chi connectivity index (χ3v) is 12.6. The molecule has 0 nitrogen and oxygen atoms in total. The average Bonchev–Trinajstić information content (AvgIpc) is 2.68. The molecule has 0 aliphatic heterocycles. The summed E-state index contributed by atoms with van der Waals surface area (Å²) in [6.45, 7) is 0. The second-order valence-electron chi connectivity index (χ2n) is 5.35. The SMILES string of the molecule is ClC1=C(Cl)[C@]2(Cl)[C@@H](c3c(Br)c(Br)cc(Br)c3Br)C[C@]1(Cl)C2(Cl)Cl. The molecule has 0 saturated heterocycles. The average molecular weight is 693 g/mol. The van der Waals surface area contributed by atoms with E-state index >= 15 is 0 Å². The summed E-state index contributed by atoms with van der Waals surface area (Å²) in [6.07, 6.45) is 0.347. The molecule has 0 N–H and O–H groups in total. The summed E-state index contributed by atoms with van der Waals surface area (Å²) in [7, 11) is 0. The zero-order valence-electron chi connectivity index (χ0n) is 10.6. The molecule has 2 aliphatic rings. The van der Waals surface area contributed by atoms with E-state index < -0.39 is 14.1 Å². The molecule has 10 heteroatoms. The van der Waals surface area contributed by atoms with Gasteiger partial charge in [-0.2, -0.15) is 0 Å². The van der Waals surface area contributed by atoms with Gasteiger partial charge in [-0.3, -0.25) is 0 Å². The zero-order valence-corrected chi connectivity index (χ0v) is 21.5. The molecule has 0 aromatic heterocycles. The number of halogens is 10. The normalized spacial score (nSPS) is 35.3. The Morgan fingerprint density at radius 3 is 1.74 bits per heavy atom. The summed E-state index contributed by atoms with van der Waals surface area (Å²) in [5, 5.41) is 0.394. The van der Waals surface area contributed by atoms with Crippen molar-refractivity contribution in [2.24, 2.45) is 0 Å². The van der Waals surface area contributed by atoms with Gasteiger partial charge in [0.05, 0.1) is 10.1 Å². The van der Waals surface area contributed by atoms with Crippen LogP contribution < -0.4 is 0 Å². The largest absolute Gasteiger partial charge is 0.166 e.